The molecule has 0 bridgehead atoms. The molecule has 0 heterocycles. The van der Waals surface area contributed by atoms with Crippen LogP contribution in [0.1, 0.15) is 40.0 Å². The van der Waals surface area contributed by atoms with Crippen molar-refractivity contribution in [2.75, 3.05) is 13.7 Å². The quantitative estimate of drug-likeness (QED) is 0.672. The van der Waals surface area contributed by atoms with E-state index in [1.54, 1.807) is 7.11 Å². The lowest BCUT2D eigenvalue weighted by atomic mass is 9.89. The van der Waals surface area contributed by atoms with Crippen molar-refractivity contribution >= 4 is 0 Å². The minimum atomic E-state index is 0.241. The Morgan fingerprint density at radius 1 is 1.44 bits per heavy atom. The van der Waals surface area contributed by atoms with E-state index in [-0.39, 0.29) is 5.41 Å². The normalized spacial score (nSPS) is 17.5. The van der Waals surface area contributed by atoms with E-state index in [9.17, 15) is 0 Å². The Morgan fingerprint density at radius 3 is 2.81 bits per heavy atom. The Bertz CT molecular complexity index is 305. The number of allylic oxidation sites excluding steroid dienone is 6. The van der Waals surface area contributed by atoms with Crippen LogP contribution in [-0.2, 0) is 4.74 Å². The van der Waals surface area contributed by atoms with Crippen LogP contribution in [0.3, 0.4) is 0 Å². The molecule has 0 amide bonds. The number of hydrogen-bond donors (Lipinski definition) is 0. The molecule has 0 aromatic carbocycles. The predicted octanol–water partition coefficient (Wildman–Crippen LogP) is 4.27. The third-order valence-electron chi connectivity index (χ3n) is 2.85. The summed E-state index contributed by atoms with van der Waals surface area (Å²) in [5.74, 6) is 0. The standard InChI is InChI=1S/C15H24O/c1-13-7-5-8-14(11-13)9-6-10-15(2,3)12-16-4/h6-7,9,11H,5,8,10,12H2,1-4H3/b9-6+. The van der Waals surface area contributed by atoms with Crippen molar-refractivity contribution in [2.45, 2.75) is 40.0 Å². The van der Waals surface area contributed by atoms with Gasteiger partial charge in [0.15, 0.2) is 0 Å². The molecule has 0 N–H and O–H groups in total. The predicted molar refractivity (Wildman–Crippen MR) is 70.5 cm³/mol. The van der Waals surface area contributed by atoms with Gasteiger partial charge in [0, 0.05) is 7.11 Å². The van der Waals surface area contributed by atoms with Gasteiger partial charge in [0.05, 0.1) is 6.61 Å². The van der Waals surface area contributed by atoms with Crippen molar-refractivity contribution in [3.8, 4) is 0 Å². The highest BCUT2D eigenvalue weighted by Gasteiger charge is 2.15. The Kier molecular flexibility index (Phi) is 5.01. The van der Waals surface area contributed by atoms with Gasteiger partial charge in [-0.25, -0.2) is 0 Å². The Balaban J connectivity index is 2.46. The molecular formula is C15H24O. The summed E-state index contributed by atoms with van der Waals surface area (Å²) in [7, 11) is 1.77. The maximum Gasteiger partial charge on any atom is 0.0516 e. The molecule has 0 unspecified atom stereocenters. The van der Waals surface area contributed by atoms with E-state index in [1.165, 1.54) is 24.0 Å². The van der Waals surface area contributed by atoms with E-state index in [1.807, 2.05) is 0 Å². The average Bonchev–Trinajstić information content (AvgIpc) is 2.17. The van der Waals surface area contributed by atoms with Gasteiger partial charge in [-0.2, -0.15) is 0 Å². The van der Waals surface area contributed by atoms with Gasteiger partial charge in [-0.15, -0.1) is 0 Å². The second-order valence-electron chi connectivity index (χ2n) is 5.41. The lowest BCUT2D eigenvalue weighted by molar-refractivity contribution is 0.106. The molecule has 1 aliphatic carbocycles. The molecule has 0 aromatic rings. The van der Waals surface area contributed by atoms with Crippen LogP contribution < -0.4 is 0 Å². The fraction of sp³-hybridized carbons (Fsp3) is 0.600. The minimum absolute atomic E-state index is 0.241. The van der Waals surface area contributed by atoms with Crippen LogP contribution in [0, 0.1) is 5.41 Å². The monoisotopic (exact) mass is 220 g/mol. The Labute approximate surface area is 99.9 Å². The fourth-order valence-electron chi connectivity index (χ4n) is 2.00. The van der Waals surface area contributed by atoms with E-state index in [0.717, 1.165) is 13.0 Å². The molecule has 1 rings (SSSR count). The summed E-state index contributed by atoms with van der Waals surface area (Å²) in [4.78, 5) is 0. The first-order valence-electron chi connectivity index (χ1n) is 6.06. The highest BCUT2D eigenvalue weighted by atomic mass is 16.5. The van der Waals surface area contributed by atoms with E-state index in [0.29, 0.717) is 0 Å². The van der Waals surface area contributed by atoms with Crippen LogP contribution in [0.15, 0.2) is 35.5 Å². The van der Waals surface area contributed by atoms with Crippen LogP contribution in [0.2, 0.25) is 0 Å². The molecule has 0 fully saturated rings. The lowest BCUT2D eigenvalue weighted by Gasteiger charge is -2.21. The number of rotatable bonds is 5. The van der Waals surface area contributed by atoms with Crippen molar-refractivity contribution in [1.82, 2.24) is 0 Å². The number of hydrogen-bond acceptors (Lipinski definition) is 1. The number of methoxy groups -OCH3 is 1. The van der Waals surface area contributed by atoms with Gasteiger partial charge in [0.1, 0.15) is 0 Å². The second-order valence-corrected chi connectivity index (χ2v) is 5.41. The summed E-state index contributed by atoms with van der Waals surface area (Å²) in [6.45, 7) is 7.46. The molecule has 1 heteroatoms. The third-order valence-corrected chi connectivity index (χ3v) is 2.85. The molecule has 0 aliphatic heterocycles. The first-order chi connectivity index (χ1) is 7.53. The van der Waals surface area contributed by atoms with Crippen molar-refractivity contribution in [1.29, 1.82) is 0 Å². The van der Waals surface area contributed by atoms with E-state index in [4.69, 9.17) is 4.74 Å². The van der Waals surface area contributed by atoms with E-state index in [2.05, 4.69) is 45.1 Å². The van der Waals surface area contributed by atoms with Gasteiger partial charge >= 0.3 is 0 Å². The third kappa shape index (κ3) is 4.80. The molecule has 1 aliphatic rings. The maximum atomic E-state index is 5.21. The van der Waals surface area contributed by atoms with Crippen LogP contribution >= 0.6 is 0 Å². The molecule has 0 atom stereocenters. The SMILES string of the molecule is COCC(C)(C)C/C=C/C1=CC(C)=CCC1. The van der Waals surface area contributed by atoms with Gasteiger partial charge in [-0.3, -0.25) is 0 Å². The smallest absolute Gasteiger partial charge is 0.0516 e. The van der Waals surface area contributed by atoms with Crippen molar-refractivity contribution < 1.29 is 4.74 Å². The van der Waals surface area contributed by atoms with Crippen molar-refractivity contribution in [3.63, 3.8) is 0 Å². The summed E-state index contributed by atoms with van der Waals surface area (Å²) in [5, 5.41) is 0. The highest BCUT2D eigenvalue weighted by Crippen LogP contribution is 2.23. The van der Waals surface area contributed by atoms with Gasteiger partial charge in [0.25, 0.3) is 0 Å². The van der Waals surface area contributed by atoms with Crippen LogP contribution in [0.25, 0.3) is 0 Å². The Hall–Kier alpha value is -0.820. The van der Waals surface area contributed by atoms with Crippen molar-refractivity contribution in [2.24, 2.45) is 5.41 Å². The summed E-state index contributed by atoms with van der Waals surface area (Å²) < 4.78 is 5.21. The lowest BCUT2D eigenvalue weighted by Crippen LogP contribution is -2.17. The highest BCUT2D eigenvalue weighted by molar-refractivity contribution is 5.32. The summed E-state index contributed by atoms with van der Waals surface area (Å²) in [6, 6.07) is 0. The molecule has 90 valence electrons. The summed E-state index contributed by atoms with van der Waals surface area (Å²) >= 11 is 0. The van der Waals surface area contributed by atoms with Gasteiger partial charge in [0.2, 0.25) is 0 Å². The van der Waals surface area contributed by atoms with E-state index < -0.39 is 0 Å². The molecule has 0 saturated heterocycles. The molecule has 0 aromatic heterocycles. The molecule has 0 spiro atoms. The zero-order chi connectivity index (χ0) is 12.0. The summed E-state index contributed by atoms with van der Waals surface area (Å²) in [5.41, 5.74) is 3.08. The first kappa shape index (κ1) is 13.2. The molecular weight excluding hydrogens is 196 g/mol. The largest absolute Gasteiger partial charge is 0.384 e. The molecule has 16 heavy (non-hydrogen) atoms. The average molecular weight is 220 g/mol. The van der Waals surface area contributed by atoms with Gasteiger partial charge < -0.3 is 4.74 Å². The van der Waals surface area contributed by atoms with Gasteiger partial charge in [-0.05, 0) is 37.2 Å². The Morgan fingerprint density at radius 2 is 2.19 bits per heavy atom. The summed E-state index contributed by atoms with van der Waals surface area (Å²) in [6.07, 6.45) is 12.6. The first-order valence-corrected chi connectivity index (χ1v) is 6.06. The topological polar surface area (TPSA) is 9.23 Å². The van der Waals surface area contributed by atoms with Crippen LogP contribution in [0.4, 0.5) is 0 Å². The zero-order valence-electron chi connectivity index (χ0n) is 11.0. The van der Waals surface area contributed by atoms with Crippen molar-refractivity contribution in [3.05, 3.63) is 35.5 Å². The van der Waals surface area contributed by atoms with E-state index >= 15 is 0 Å². The van der Waals surface area contributed by atoms with Gasteiger partial charge in [-0.1, -0.05) is 43.7 Å². The fourth-order valence-corrected chi connectivity index (χ4v) is 2.00. The minimum Gasteiger partial charge on any atom is -0.384 e. The zero-order valence-corrected chi connectivity index (χ0v) is 11.0. The van der Waals surface area contributed by atoms with Crippen LogP contribution in [-0.4, -0.2) is 13.7 Å². The molecule has 0 radical (unpaired) electrons. The second kappa shape index (κ2) is 6.05. The maximum absolute atomic E-state index is 5.21. The molecule has 1 nitrogen and oxygen atoms in total. The van der Waals surface area contributed by atoms with Crippen LogP contribution in [0.5, 0.6) is 0 Å². The number of ether oxygens (including phenoxy) is 1. The molecule has 0 saturated carbocycles.